The second kappa shape index (κ2) is 52.9. The summed E-state index contributed by atoms with van der Waals surface area (Å²) in [6, 6.07) is 0. The van der Waals surface area contributed by atoms with Gasteiger partial charge in [-0.05, 0) is 89.9 Å². The van der Waals surface area contributed by atoms with Crippen LogP contribution in [0.15, 0.2) is 97.2 Å². The molecule has 0 amide bonds. The molecule has 6 heteroatoms. The van der Waals surface area contributed by atoms with Gasteiger partial charge in [0.2, 0.25) is 0 Å². The summed E-state index contributed by atoms with van der Waals surface area (Å²) in [5.74, 6) is -0.931. The highest BCUT2D eigenvalue weighted by atomic mass is 16.6. The summed E-state index contributed by atoms with van der Waals surface area (Å²) in [5.41, 5.74) is 0. The molecule has 1 atom stereocenters. The quantitative estimate of drug-likeness (QED) is 0.0199. The van der Waals surface area contributed by atoms with Gasteiger partial charge >= 0.3 is 17.9 Å². The number of hydrogen-bond donors (Lipinski definition) is 0. The van der Waals surface area contributed by atoms with Crippen LogP contribution in [0.3, 0.4) is 0 Å². The Kier molecular flexibility index (Phi) is 50.0. The van der Waals surface area contributed by atoms with Crippen LogP contribution in [-0.2, 0) is 28.6 Å². The van der Waals surface area contributed by atoms with Gasteiger partial charge < -0.3 is 14.2 Å². The van der Waals surface area contributed by atoms with E-state index >= 15 is 0 Å². The molecule has 0 aromatic rings. The van der Waals surface area contributed by atoms with E-state index in [1.54, 1.807) is 0 Å². The van der Waals surface area contributed by atoms with E-state index in [0.717, 1.165) is 103 Å². The number of carbonyl (C=O) groups excluding carboxylic acids is 3. The molecule has 0 aromatic carbocycles. The van der Waals surface area contributed by atoms with Crippen molar-refractivity contribution in [1.82, 2.24) is 0 Å². The topological polar surface area (TPSA) is 78.9 Å². The second-order valence-corrected chi connectivity index (χ2v) is 17.5. The van der Waals surface area contributed by atoms with Gasteiger partial charge in [0.15, 0.2) is 6.10 Å². The van der Waals surface area contributed by atoms with Crippen LogP contribution in [0.1, 0.15) is 239 Å². The molecule has 0 aliphatic heterocycles. The van der Waals surface area contributed by atoms with Gasteiger partial charge in [0.1, 0.15) is 13.2 Å². The normalized spacial score (nSPS) is 12.8. The second-order valence-electron chi connectivity index (χ2n) is 17.5. The summed E-state index contributed by atoms with van der Waals surface area (Å²) in [4.78, 5) is 38.1. The molecule has 0 rings (SSSR count). The molecule has 0 saturated carbocycles. The number of carbonyl (C=O) groups is 3. The zero-order valence-corrected chi connectivity index (χ0v) is 42.2. The summed E-state index contributed by atoms with van der Waals surface area (Å²) in [7, 11) is 0. The molecule has 0 saturated heterocycles. The highest BCUT2D eigenvalue weighted by Gasteiger charge is 2.19. The monoisotopic (exact) mass is 903 g/mol. The first-order valence-corrected chi connectivity index (χ1v) is 26.8. The molecule has 1 unspecified atom stereocenters. The first-order chi connectivity index (χ1) is 32.0. The maximum Gasteiger partial charge on any atom is 0.306 e. The van der Waals surface area contributed by atoms with Gasteiger partial charge in [0, 0.05) is 19.3 Å². The number of hydrogen-bond acceptors (Lipinski definition) is 6. The lowest BCUT2D eigenvalue weighted by Gasteiger charge is -2.18. The molecule has 0 bridgehead atoms. The Bertz CT molecular complexity index is 1310. The molecule has 370 valence electrons. The average Bonchev–Trinajstić information content (AvgIpc) is 3.30. The summed E-state index contributed by atoms with van der Waals surface area (Å²) in [5, 5.41) is 0. The summed E-state index contributed by atoms with van der Waals surface area (Å²) < 4.78 is 16.8. The lowest BCUT2D eigenvalue weighted by atomic mass is 10.1. The molecule has 65 heavy (non-hydrogen) atoms. The van der Waals surface area contributed by atoms with E-state index in [0.29, 0.717) is 19.3 Å². The van der Waals surface area contributed by atoms with Crippen LogP contribution in [0.25, 0.3) is 0 Å². The predicted octanol–water partition coefficient (Wildman–Crippen LogP) is 17.8. The molecule has 0 aliphatic carbocycles. The highest BCUT2D eigenvalue weighted by Crippen LogP contribution is 2.14. The van der Waals surface area contributed by atoms with Gasteiger partial charge in [-0.1, -0.05) is 227 Å². The van der Waals surface area contributed by atoms with Crippen LogP contribution in [-0.4, -0.2) is 37.2 Å². The largest absolute Gasteiger partial charge is 0.462 e. The van der Waals surface area contributed by atoms with Crippen LogP contribution in [0.5, 0.6) is 0 Å². The molecule has 0 aromatic heterocycles. The number of ether oxygens (including phenoxy) is 3. The van der Waals surface area contributed by atoms with Crippen molar-refractivity contribution < 1.29 is 28.6 Å². The maximum atomic E-state index is 12.8. The van der Waals surface area contributed by atoms with Crippen LogP contribution in [0.2, 0.25) is 0 Å². The first-order valence-electron chi connectivity index (χ1n) is 26.8. The Morgan fingerprint density at radius 2 is 0.692 bits per heavy atom. The SMILES string of the molecule is CC/C=C\C/C=C\CCCCCCCCCC(=O)OCC(COC(=O)CCCCCCC\C=C/C=C\C=C/C=C\C=C/CCC)OC(=O)CCCCCCCCC/C=C\CCCCCC. The van der Waals surface area contributed by atoms with Crippen molar-refractivity contribution in [3.8, 4) is 0 Å². The Morgan fingerprint density at radius 1 is 0.338 bits per heavy atom. The summed E-state index contributed by atoms with van der Waals surface area (Å²) in [6.07, 6.45) is 69.5. The van der Waals surface area contributed by atoms with E-state index < -0.39 is 6.10 Å². The number of allylic oxidation sites excluding steroid dienone is 16. The maximum absolute atomic E-state index is 12.8. The summed E-state index contributed by atoms with van der Waals surface area (Å²) >= 11 is 0. The van der Waals surface area contributed by atoms with Crippen molar-refractivity contribution in [1.29, 1.82) is 0 Å². The van der Waals surface area contributed by atoms with Crippen molar-refractivity contribution in [2.24, 2.45) is 0 Å². The molecular weight excluding hydrogens is 805 g/mol. The van der Waals surface area contributed by atoms with E-state index in [1.807, 2.05) is 24.3 Å². The zero-order chi connectivity index (χ0) is 47.2. The number of unbranched alkanes of at least 4 members (excludes halogenated alkanes) is 24. The molecule has 0 radical (unpaired) electrons. The van der Waals surface area contributed by atoms with Gasteiger partial charge in [-0.25, -0.2) is 0 Å². The van der Waals surface area contributed by atoms with Gasteiger partial charge in [-0.2, -0.15) is 0 Å². The van der Waals surface area contributed by atoms with Gasteiger partial charge in [0.05, 0.1) is 0 Å². The van der Waals surface area contributed by atoms with Crippen LogP contribution in [0, 0.1) is 0 Å². The third-order valence-electron chi connectivity index (χ3n) is 11.2. The van der Waals surface area contributed by atoms with Crippen molar-refractivity contribution in [3.05, 3.63) is 97.2 Å². The van der Waals surface area contributed by atoms with Crippen LogP contribution < -0.4 is 0 Å². The minimum Gasteiger partial charge on any atom is -0.462 e. The summed E-state index contributed by atoms with van der Waals surface area (Å²) in [6.45, 7) is 6.40. The fraction of sp³-hybridized carbons (Fsp3) is 0.678. The third kappa shape index (κ3) is 51.2. The van der Waals surface area contributed by atoms with Crippen LogP contribution in [0.4, 0.5) is 0 Å². The Morgan fingerprint density at radius 3 is 1.14 bits per heavy atom. The predicted molar refractivity (Wildman–Crippen MR) is 279 cm³/mol. The third-order valence-corrected chi connectivity index (χ3v) is 11.2. The number of esters is 3. The lowest BCUT2D eigenvalue weighted by Crippen LogP contribution is -2.30. The Hall–Kier alpha value is -3.67. The van der Waals surface area contributed by atoms with Crippen molar-refractivity contribution in [2.75, 3.05) is 13.2 Å². The highest BCUT2D eigenvalue weighted by molar-refractivity contribution is 5.71. The average molecular weight is 903 g/mol. The van der Waals surface area contributed by atoms with Gasteiger partial charge in [0.25, 0.3) is 0 Å². The van der Waals surface area contributed by atoms with E-state index in [9.17, 15) is 14.4 Å². The zero-order valence-electron chi connectivity index (χ0n) is 42.2. The minimum atomic E-state index is -0.794. The standard InChI is InChI=1S/C59H98O6/c1-4-7-10-13-16-19-22-25-28-29-30-32-34-37-40-43-46-49-52-58(61)64-55-56(54-63-57(60)51-48-45-42-39-36-33-27-24-21-18-15-12-9-6-3)65-59(62)53-50-47-44-41-38-35-31-26-23-20-17-14-11-8-5-2/h9-10,12-13,16,18-23,25,28-30,32,56H,4-8,11,14-15,17,24,26-27,31,33-55H2,1-3H3/b12-9-,13-10-,19-16-,21-18-,23-20-,25-22-,29-28-,32-30-. The molecule has 0 fully saturated rings. The first kappa shape index (κ1) is 61.3. The molecule has 6 nitrogen and oxygen atoms in total. The van der Waals surface area contributed by atoms with Crippen molar-refractivity contribution >= 4 is 17.9 Å². The molecule has 0 heterocycles. The molecular formula is C59H98O6. The molecule has 0 aliphatic rings. The number of rotatable bonds is 47. The fourth-order valence-electron chi connectivity index (χ4n) is 7.15. The fourth-order valence-corrected chi connectivity index (χ4v) is 7.15. The smallest absolute Gasteiger partial charge is 0.306 e. The minimum absolute atomic E-state index is 0.0927. The van der Waals surface area contributed by atoms with E-state index in [-0.39, 0.29) is 31.1 Å². The van der Waals surface area contributed by atoms with Gasteiger partial charge in [-0.15, -0.1) is 0 Å². The Balaban J connectivity index is 4.46. The molecule has 0 N–H and O–H groups in total. The van der Waals surface area contributed by atoms with Crippen molar-refractivity contribution in [2.45, 2.75) is 245 Å². The van der Waals surface area contributed by atoms with E-state index in [2.05, 4.69) is 93.7 Å². The molecule has 0 spiro atoms. The van der Waals surface area contributed by atoms with Gasteiger partial charge in [-0.3, -0.25) is 14.4 Å². The Labute approximate surface area is 400 Å². The van der Waals surface area contributed by atoms with Crippen molar-refractivity contribution in [3.63, 3.8) is 0 Å². The van der Waals surface area contributed by atoms with Crippen LogP contribution >= 0.6 is 0 Å². The lowest BCUT2D eigenvalue weighted by molar-refractivity contribution is -0.167. The van der Waals surface area contributed by atoms with E-state index in [1.165, 1.54) is 96.3 Å². The van der Waals surface area contributed by atoms with E-state index in [4.69, 9.17) is 14.2 Å².